The molecular weight excluding hydrogens is 1100 g/mol. The first-order chi connectivity index (χ1) is 43.3. The minimum atomic E-state index is -0.489. The molecule has 0 N–H and O–H groups in total. The van der Waals surface area contributed by atoms with E-state index in [4.69, 9.17) is 0 Å². The number of hydrogen-bond donors (Lipinski definition) is 0. The molecule has 0 saturated carbocycles. The zero-order valence-electron chi connectivity index (χ0n) is 55.5. The van der Waals surface area contributed by atoms with Crippen LogP contribution in [-0.2, 0) is 37.9 Å². The molecule has 91 heavy (non-hydrogen) atoms. The number of nitrogens with zero attached hydrogens (tertiary/aromatic N) is 3. The summed E-state index contributed by atoms with van der Waals surface area (Å²) in [6.45, 7) is 38.9. The molecule has 10 aromatic rings. The van der Waals surface area contributed by atoms with E-state index < -0.39 is 5.41 Å². The normalized spacial score (nSPS) is 19.2. The number of allylic oxidation sites excluding steroid dienone is 5. The lowest BCUT2D eigenvalue weighted by atomic mass is 9.60. The second kappa shape index (κ2) is 18.3. The third kappa shape index (κ3) is 7.38. The summed E-state index contributed by atoms with van der Waals surface area (Å²) in [5.41, 5.74) is 36.8. The lowest BCUT2D eigenvalue weighted by Gasteiger charge is -2.55. The van der Waals surface area contributed by atoms with Crippen molar-refractivity contribution >= 4 is 56.8 Å². The lowest BCUT2D eigenvalue weighted by molar-refractivity contribution is 0.533. The number of hydrogen-bond acceptors (Lipinski definition) is 3. The average Bonchev–Trinajstić information content (AvgIpc) is 1.46. The van der Waals surface area contributed by atoms with Gasteiger partial charge in [-0.15, -0.1) is 0 Å². The monoisotopic (exact) mass is 1180 g/mol. The van der Waals surface area contributed by atoms with E-state index in [1.165, 1.54) is 134 Å². The minimum Gasteiger partial charge on any atom is -0.310 e. The van der Waals surface area contributed by atoms with E-state index >= 15 is 0 Å². The number of rotatable bonds is 6. The summed E-state index contributed by atoms with van der Waals surface area (Å²) in [6.07, 6.45) is 9.72. The molecule has 0 radical (unpaired) electrons. The summed E-state index contributed by atoms with van der Waals surface area (Å²) >= 11 is 0. The number of para-hydroxylation sites is 1. The summed E-state index contributed by atoms with van der Waals surface area (Å²) < 4.78 is 0. The summed E-state index contributed by atoms with van der Waals surface area (Å²) in [4.78, 5) is 7.96. The van der Waals surface area contributed by atoms with Crippen LogP contribution in [0.1, 0.15) is 181 Å². The number of fused-ring (bicyclic) bond motifs is 10. The molecule has 3 heterocycles. The summed E-state index contributed by atoms with van der Waals surface area (Å²) in [5, 5.41) is 0. The molecule has 0 saturated heterocycles. The van der Waals surface area contributed by atoms with Crippen LogP contribution in [0.2, 0.25) is 0 Å². The van der Waals surface area contributed by atoms with Gasteiger partial charge in [-0.3, -0.25) is 0 Å². The van der Waals surface area contributed by atoms with Gasteiger partial charge in [0.25, 0.3) is 0 Å². The Bertz CT molecular complexity index is 4870. The molecule has 7 aliphatic rings. The van der Waals surface area contributed by atoms with Crippen LogP contribution in [0.25, 0.3) is 39.0 Å². The Kier molecular flexibility index (Phi) is 11.2. The van der Waals surface area contributed by atoms with E-state index in [0.29, 0.717) is 0 Å². The SMILES string of the molecule is C=C1/C=C\C=C/CC(C)(C)c2cc(N(c3ccc4c(c3)C(C)(C)c3ccccc3-4)c3cc4c5c(c3)C(C)(C)c3cc(N(c6ccc7c(c6)C(C)(C)c6ccccc6-7)c6ccc7c(c6)C(C)(C)c6ccccc6-7)cc6c3N5c3c(cccc3C6(C)C)C4(C)C)ccc21. The van der Waals surface area contributed by atoms with Crippen molar-refractivity contribution in [1.82, 2.24) is 0 Å². The Labute approximate surface area is 539 Å². The molecule has 0 aromatic heterocycles. The van der Waals surface area contributed by atoms with Gasteiger partial charge in [-0.2, -0.15) is 0 Å². The van der Waals surface area contributed by atoms with Crippen molar-refractivity contribution in [3.63, 3.8) is 0 Å². The van der Waals surface area contributed by atoms with Crippen LogP contribution in [0, 0.1) is 0 Å². The Morgan fingerprint density at radius 1 is 0.286 bits per heavy atom. The number of benzene rings is 10. The van der Waals surface area contributed by atoms with Crippen LogP contribution in [-0.4, -0.2) is 0 Å². The Morgan fingerprint density at radius 2 is 0.582 bits per heavy atom. The third-order valence-electron chi connectivity index (χ3n) is 23.4. The molecule has 0 atom stereocenters. The van der Waals surface area contributed by atoms with Crippen molar-refractivity contribution in [3.8, 4) is 33.4 Å². The molecule has 0 unspecified atom stereocenters. The molecule has 448 valence electrons. The molecule has 0 amide bonds. The van der Waals surface area contributed by atoms with Crippen LogP contribution in [0.4, 0.5) is 51.2 Å². The first kappa shape index (κ1) is 55.9. The van der Waals surface area contributed by atoms with Crippen molar-refractivity contribution in [3.05, 3.63) is 297 Å². The maximum atomic E-state index is 4.67. The Balaban J connectivity index is 0.924. The second-order valence-corrected chi connectivity index (χ2v) is 31.2. The standard InChI is InChI=1S/C88H81N3/c1-52-26-17-16-24-43-82(2,3)71-44-53(35-39-59(52)71)89(54-36-40-63-60-27-18-21-30-66(60)83(4,5)72(63)45-54)57-48-75-80-77(50-57)88(14,15)78-51-58(49-76-81(78)91(80)79-69(86(75,10)11)33-25-34-70(79)87(76,12)13)90(55-37-41-64-61-28-19-22-31-67(61)84(6,7)73(64)46-55)56-38-42-65-62-29-20-23-32-68(62)85(8,9)74(65)47-56/h16-42,44-51H,1,43H2,2-15H3/b24-16-,26-17-. The minimum absolute atomic E-state index is 0.172. The van der Waals surface area contributed by atoms with Gasteiger partial charge in [0, 0.05) is 66.6 Å². The van der Waals surface area contributed by atoms with Gasteiger partial charge in [-0.25, -0.2) is 0 Å². The van der Waals surface area contributed by atoms with E-state index in [0.717, 1.165) is 40.4 Å². The van der Waals surface area contributed by atoms with Crippen LogP contribution < -0.4 is 14.7 Å². The first-order valence-electron chi connectivity index (χ1n) is 33.2. The molecule has 0 bridgehead atoms. The zero-order valence-corrected chi connectivity index (χ0v) is 55.5. The van der Waals surface area contributed by atoms with E-state index in [1.807, 2.05) is 0 Å². The Hall–Kier alpha value is -9.18. The second-order valence-electron chi connectivity index (χ2n) is 31.2. The fourth-order valence-corrected chi connectivity index (χ4v) is 18.2. The highest BCUT2D eigenvalue weighted by Crippen LogP contribution is 2.68. The highest BCUT2D eigenvalue weighted by molar-refractivity contribution is 6.02. The van der Waals surface area contributed by atoms with Gasteiger partial charge in [0.1, 0.15) is 0 Å². The summed E-state index contributed by atoms with van der Waals surface area (Å²) in [6, 6.07) is 73.9. The smallest absolute Gasteiger partial charge is 0.0545 e. The topological polar surface area (TPSA) is 9.72 Å². The van der Waals surface area contributed by atoms with Gasteiger partial charge in [0.05, 0.1) is 17.1 Å². The number of anilines is 9. The first-order valence-corrected chi connectivity index (χ1v) is 33.2. The van der Waals surface area contributed by atoms with Gasteiger partial charge in [0.15, 0.2) is 0 Å². The van der Waals surface area contributed by atoms with Crippen molar-refractivity contribution < 1.29 is 0 Å². The van der Waals surface area contributed by atoms with Crippen LogP contribution in [0.5, 0.6) is 0 Å². The molecule has 17 rings (SSSR count). The Morgan fingerprint density at radius 3 is 0.978 bits per heavy atom. The van der Waals surface area contributed by atoms with Crippen LogP contribution >= 0.6 is 0 Å². The molecule has 3 heteroatoms. The fourth-order valence-electron chi connectivity index (χ4n) is 18.2. The van der Waals surface area contributed by atoms with Crippen molar-refractivity contribution in [2.75, 3.05) is 14.7 Å². The summed E-state index contributed by atoms with van der Waals surface area (Å²) in [5.74, 6) is 0. The van der Waals surface area contributed by atoms with Crippen molar-refractivity contribution in [1.29, 1.82) is 0 Å². The highest BCUT2D eigenvalue weighted by Gasteiger charge is 2.53. The van der Waals surface area contributed by atoms with Crippen LogP contribution in [0.15, 0.2) is 219 Å². The highest BCUT2D eigenvalue weighted by atomic mass is 15.2. The van der Waals surface area contributed by atoms with Gasteiger partial charge >= 0.3 is 0 Å². The third-order valence-corrected chi connectivity index (χ3v) is 23.4. The molecule has 3 aliphatic heterocycles. The van der Waals surface area contributed by atoms with Gasteiger partial charge in [-0.05, 0) is 201 Å². The molecule has 0 fully saturated rings. The average molecular weight is 1180 g/mol. The van der Waals surface area contributed by atoms with E-state index in [1.54, 1.807) is 0 Å². The predicted octanol–water partition coefficient (Wildman–Crippen LogP) is 23.7. The van der Waals surface area contributed by atoms with Crippen molar-refractivity contribution in [2.24, 2.45) is 0 Å². The maximum Gasteiger partial charge on any atom is 0.0545 e. The van der Waals surface area contributed by atoms with Crippen LogP contribution in [0.3, 0.4) is 0 Å². The fraction of sp³-hybridized carbons (Fsp3) is 0.250. The molecule has 3 nitrogen and oxygen atoms in total. The largest absolute Gasteiger partial charge is 0.310 e. The van der Waals surface area contributed by atoms with E-state index in [2.05, 4.69) is 331 Å². The van der Waals surface area contributed by atoms with Gasteiger partial charge in [-0.1, -0.05) is 243 Å². The molecular formula is C88H81N3. The molecule has 4 aliphatic carbocycles. The maximum absolute atomic E-state index is 4.67. The van der Waals surface area contributed by atoms with Gasteiger partial charge < -0.3 is 14.7 Å². The quantitative estimate of drug-likeness (QED) is 0.164. The molecule has 0 spiro atoms. The lowest BCUT2D eigenvalue weighted by Crippen LogP contribution is -2.44. The summed E-state index contributed by atoms with van der Waals surface area (Å²) in [7, 11) is 0. The molecule has 10 aromatic carbocycles. The van der Waals surface area contributed by atoms with Crippen molar-refractivity contribution in [2.45, 2.75) is 141 Å². The zero-order chi connectivity index (χ0) is 63.0. The van der Waals surface area contributed by atoms with E-state index in [9.17, 15) is 0 Å². The van der Waals surface area contributed by atoms with Gasteiger partial charge in [0.2, 0.25) is 0 Å². The van der Waals surface area contributed by atoms with E-state index in [-0.39, 0.29) is 32.5 Å². The predicted molar refractivity (Wildman–Crippen MR) is 385 cm³/mol.